The Hall–Kier alpha value is -2.48. The third-order valence-electron chi connectivity index (χ3n) is 4.29. The maximum Gasteiger partial charge on any atom is 0.306 e. The van der Waals surface area contributed by atoms with Crippen LogP contribution in [0.2, 0.25) is 0 Å². The van der Waals surface area contributed by atoms with Gasteiger partial charge in [0, 0.05) is 25.5 Å². The van der Waals surface area contributed by atoms with Crippen LogP contribution in [0.15, 0.2) is 18.2 Å². The molecule has 0 bridgehead atoms. The van der Waals surface area contributed by atoms with Gasteiger partial charge in [-0.1, -0.05) is 0 Å². The van der Waals surface area contributed by atoms with Crippen molar-refractivity contribution in [3.05, 3.63) is 18.2 Å². The molecule has 0 saturated carbocycles. The van der Waals surface area contributed by atoms with Crippen LogP contribution in [0.1, 0.15) is 19.3 Å². The standard InChI is InChI=1S/C18H25NO7/c1-23-15-5-4-12(10-16(15)24-2)26-14-8-9-19(11-13(14)20)17(21)6-7-18(22)25-3/h4-5,10,13-14,20H,6-9,11H2,1-3H3/t13-,14-/m1/s1. The first kappa shape index (κ1) is 19.8. The van der Waals surface area contributed by atoms with Gasteiger partial charge in [-0.25, -0.2) is 0 Å². The normalized spacial score (nSPS) is 19.6. The van der Waals surface area contributed by atoms with E-state index >= 15 is 0 Å². The van der Waals surface area contributed by atoms with Crippen molar-refractivity contribution >= 4 is 11.9 Å². The van der Waals surface area contributed by atoms with E-state index in [4.69, 9.17) is 14.2 Å². The Morgan fingerprint density at radius 3 is 2.50 bits per heavy atom. The highest BCUT2D eigenvalue weighted by Crippen LogP contribution is 2.32. The second-order valence-electron chi connectivity index (χ2n) is 5.95. The van der Waals surface area contributed by atoms with Crippen molar-refractivity contribution in [1.82, 2.24) is 4.90 Å². The van der Waals surface area contributed by atoms with Gasteiger partial charge in [-0.05, 0) is 12.1 Å². The molecule has 1 aromatic carbocycles. The largest absolute Gasteiger partial charge is 0.493 e. The van der Waals surface area contributed by atoms with Crippen molar-refractivity contribution in [3.63, 3.8) is 0 Å². The van der Waals surface area contributed by atoms with Crippen molar-refractivity contribution < 1.29 is 33.6 Å². The molecule has 1 saturated heterocycles. The fourth-order valence-electron chi connectivity index (χ4n) is 2.81. The number of methoxy groups -OCH3 is 3. The van der Waals surface area contributed by atoms with Gasteiger partial charge in [0.1, 0.15) is 18.0 Å². The molecule has 0 spiro atoms. The lowest BCUT2D eigenvalue weighted by molar-refractivity contribution is -0.145. The third-order valence-corrected chi connectivity index (χ3v) is 4.29. The number of ether oxygens (including phenoxy) is 4. The van der Waals surface area contributed by atoms with Crippen molar-refractivity contribution in [3.8, 4) is 17.2 Å². The number of aliphatic hydroxyl groups excluding tert-OH is 1. The van der Waals surface area contributed by atoms with Gasteiger partial charge < -0.3 is 29.0 Å². The molecule has 2 atom stereocenters. The summed E-state index contributed by atoms with van der Waals surface area (Å²) in [7, 11) is 4.37. The highest BCUT2D eigenvalue weighted by Gasteiger charge is 2.31. The minimum absolute atomic E-state index is 0.0352. The number of hydrogen-bond donors (Lipinski definition) is 1. The average molecular weight is 367 g/mol. The number of rotatable bonds is 7. The second kappa shape index (κ2) is 9.28. The van der Waals surface area contributed by atoms with E-state index in [0.29, 0.717) is 30.2 Å². The Labute approximate surface area is 152 Å². The fraction of sp³-hybridized carbons (Fsp3) is 0.556. The number of β-amino-alcohol motifs (C(OH)–C–C–N with tert-alkyl or cyclic N) is 1. The second-order valence-corrected chi connectivity index (χ2v) is 5.95. The molecular weight excluding hydrogens is 342 g/mol. The van der Waals surface area contributed by atoms with Crippen molar-refractivity contribution in [2.24, 2.45) is 0 Å². The lowest BCUT2D eigenvalue weighted by Gasteiger charge is -2.36. The van der Waals surface area contributed by atoms with E-state index in [0.717, 1.165) is 0 Å². The first-order valence-corrected chi connectivity index (χ1v) is 8.39. The zero-order chi connectivity index (χ0) is 19.1. The van der Waals surface area contributed by atoms with E-state index in [1.807, 2.05) is 0 Å². The van der Waals surface area contributed by atoms with E-state index in [2.05, 4.69) is 4.74 Å². The summed E-state index contributed by atoms with van der Waals surface area (Å²) in [6, 6.07) is 5.16. The molecule has 26 heavy (non-hydrogen) atoms. The van der Waals surface area contributed by atoms with Gasteiger partial charge in [-0.2, -0.15) is 0 Å². The molecule has 0 unspecified atom stereocenters. The van der Waals surface area contributed by atoms with Gasteiger partial charge in [0.15, 0.2) is 11.5 Å². The Bertz CT molecular complexity index is 634. The lowest BCUT2D eigenvalue weighted by atomic mass is 10.0. The molecule has 8 nitrogen and oxygen atoms in total. The quantitative estimate of drug-likeness (QED) is 0.719. The Morgan fingerprint density at radius 1 is 1.15 bits per heavy atom. The predicted molar refractivity (Wildman–Crippen MR) is 92.4 cm³/mol. The van der Waals surface area contributed by atoms with Crippen LogP contribution >= 0.6 is 0 Å². The minimum Gasteiger partial charge on any atom is -0.493 e. The fourth-order valence-corrected chi connectivity index (χ4v) is 2.81. The lowest BCUT2D eigenvalue weighted by Crippen LogP contribution is -2.51. The predicted octanol–water partition coefficient (Wildman–Crippen LogP) is 0.998. The van der Waals surface area contributed by atoms with Gasteiger partial charge in [-0.15, -0.1) is 0 Å². The molecule has 1 heterocycles. The molecule has 0 aromatic heterocycles. The summed E-state index contributed by atoms with van der Waals surface area (Å²) in [4.78, 5) is 24.8. The summed E-state index contributed by atoms with van der Waals surface area (Å²) in [5.41, 5.74) is 0. The van der Waals surface area contributed by atoms with Gasteiger partial charge >= 0.3 is 5.97 Å². The molecule has 1 fully saturated rings. The number of hydrogen-bond acceptors (Lipinski definition) is 7. The van der Waals surface area contributed by atoms with Gasteiger partial charge in [0.05, 0.1) is 34.3 Å². The number of likely N-dealkylation sites (tertiary alicyclic amines) is 1. The molecule has 144 valence electrons. The summed E-state index contributed by atoms with van der Waals surface area (Å²) in [5, 5.41) is 10.3. The molecule has 8 heteroatoms. The maximum absolute atomic E-state index is 12.1. The highest BCUT2D eigenvalue weighted by molar-refractivity contribution is 5.81. The molecule has 1 aliphatic heterocycles. The summed E-state index contributed by atoms with van der Waals surface area (Å²) < 4.78 is 20.8. The minimum atomic E-state index is -0.820. The van der Waals surface area contributed by atoms with Gasteiger partial charge in [-0.3, -0.25) is 9.59 Å². The Balaban J connectivity index is 1.90. The molecular formula is C18H25NO7. The molecule has 1 aromatic rings. The zero-order valence-corrected chi connectivity index (χ0v) is 15.3. The van der Waals surface area contributed by atoms with Gasteiger partial charge in [0.2, 0.25) is 5.91 Å². The first-order valence-electron chi connectivity index (χ1n) is 8.39. The van der Waals surface area contributed by atoms with Crippen LogP contribution in [0.5, 0.6) is 17.2 Å². The van der Waals surface area contributed by atoms with Crippen molar-refractivity contribution in [1.29, 1.82) is 0 Å². The third kappa shape index (κ3) is 5.01. The van der Waals surface area contributed by atoms with E-state index in [-0.39, 0.29) is 25.3 Å². The summed E-state index contributed by atoms with van der Waals surface area (Å²) in [6.07, 6.45) is -0.662. The Morgan fingerprint density at radius 2 is 1.88 bits per heavy atom. The molecule has 1 aliphatic rings. The first-order chi connectivity index (χ1) is 12.5. The van der Waals surface area contributed by atoms with E-state index < -0.39 is 18.2 Å². The number of nitrogens with zero attached hydrogens (tertiary/aromatic N) is 1. The van der Waals surface area contributed by atoms with Crippen LogP contribution in [-0.4, -0.2) is 68.5 Å². The molecule has 0 aliphatic carbocycles. The molecule has 1 amide bonds. The number of carbonyl (C=O) groups excluding carboxylic acids is 2. The monoisotopic (exact) mass is 367 g/mol. The van der Waals surface area contributed by atoms with Crippen LogP contribution < -0.4 is 14.2 Å². The molecule has 2 rings (SSSR count). The van der Waals surface area contributed by atoms with Crippen LogP contribution in [-0.2, 0) is 14.3 Å². The Kier molecular flexibility index (Phi) is 7.08. The van der Waals surface area contributed by atoms with Crippen LogP contribution in [0.3, 0.4) is 0 Å². The maximum atomic E-state index is 12.1. The van der Waals surface area contributed by atoms with E-state index in [9.17, 15) is 14.7 Å². The van der Waals surface area contributed by atoms with Crippen molar-refractivity contribution in [2.45, 2.75) is 31.5 Å². The smallest absolute Gasteiger partial charge is 0.306 e. The number of benzene rings is 1. The number of carbonyl (C=O) groups is 2. The highest BCUT2D eigenvalue weighted by atomic mass is 16.5. The summed E-state index contributed by atoms with van der Waals surface area (Å²) >= 11 is 0. The number of piperidine rings is 1. The average Bonchev–Trinajstić information content (AvgIpc) is 2.67. The van der Waals surface area contributed by atoms with Crippen LogP contribution in [0.25, 0.3) is 0 Å². The summed E-state index contributed by atoms with van der Waals surface area (Å²) in [5.74, 6) is 1.07. The molecule has 1 N–H and O–H groups in total. The molecule has 0 radical (unpaired) electrons. The zero-order valence-electron chi connectivity index (χ0n) is 15.3. The number of aliphatic hydroxyl groups is 1. The van der Waals surface area contributed by atoms with E-state index in [1.54, 1.807) is 30.2 Å². The summed E-state index contributed by atoms with van der Waals surface area (Å²) in [6.45, 7) is 0.618. The van der Waals surface area contributed by atoms with Crippen LogP contribution in [0.4, 0.5) is 0 Å². The number of amides is 1. The van der Waals surface area contributed by atoms with Crippen molar-refractivity contribution in [2.75, 3.05) is 34.4 Å². The van der Waals surface area contributed by atoms with E-state index in [1.165, 1.54) is 14.2 Å². The van der Waals surface area contributed by atoms with Crippen LogP contribution in [0, 0.1) is 0 Å². The number of esters is 1. The topological polar surface area (TPSA) is 94.5 Å². The SMILES string of the molecule is COC(=O)CCC(=O)N1CC[C@@H](Oc2ccc(OC)c(OC)c2)[C@H](O)C1. The van der Waals surface area contributed by atoms with Gasteiger partial charge in [0.25, 0.3) is 0 Å².